The predicted molar refractivity (Wildman–Crippen MR) is 152 cm³/mol. The first kappa shape index (κ1) is 29.3. The lowest BCUT2D eigenvalue weighted by molar-refractivity contribution is -0.150. The lowest BCUT2D eigenvalue weighted by atomic mass is 9.47. The number of methoxy groups -OCH3 is 1. The summed E-state index contributed by atoms with van der Waals surface area (Å²) < 4.78 is 53.0. The van der Waals surface area contributed by atoms with Crippen molar-refractivity contribution in [3.05, 3.63) is 65.7 Å². The van der Waals surface area contributed by atoms with Crippen LogP contribution in [0.3, 0.4) is 0 Å². The minimum absolute atomic E-state index is 0.0745. The number of sulfonamides is 1. The van der Waals surface area contributed by atoms with Gasteiger partial charge in [0.05, 0.1) is 36.9 Å². The zero-order chi connectivity index (χ0) is 28.5. The number of rotatable bonds is 12. The summed E-state index contributed by atoms with van der Waals surface area (Å²) in [5.41, 5.74) is 2.16. The Morgan fingerprint density at radius 2 is 1.82 bits per heavy atom. The molecule has 2 aromatic carbocycles. The van der Waals surface area contributed by atoms with E-state index in [1.807, 2.05) is 37.3 Å². The summed E-state index contributed by atoms with van der Waals surface area (Å²) in [5, 5.41) is 0. The van der Waals surface area contributed by atoms with Gasteiger partial charge in [0.15, 0.2) is 0 Å². The molecule has 8 nitrogen and oxygen atoms in total. The smallest absolute Gasteiger partial charge is 0.457 e. The Labute approximate surface area is 238 Å². The molecule has 216 valence electrons. The summed E-state index contributed by atoms with van der Waals surface area (Å²) in [4.78, 5) is 13.0. The van der Waals surface area contributed by atoms with Crippen LogP contribution in [0.25, 0.3) is 0 Å². The molecule has 6 rings (SSSR count). The highest BCUT2D eigenvalue weighted by Gasteiger charge is 2.61. The van der Waals surface area contributed by atoms with Crippen molar-refractivity contribution in [3.63, 3.8) is 0 Å². The number of carbonyl (C=O) groups excluding carboxylic acids is 1. The molecule has 40 heavy (non-hydrogen) atoms. The second-order valence-corrected chi connectivity index (χ2v) is 13.7. The van der Waals surface area contributed by atoms with Gasteiger partial charge in [-0.25, -0.2) is 8.42 Å². The van der Waals surface area contributed by atoms with Crippen molar-refractivity contribution >= 4 is 23.1 Å². The Hall–Kier alpha value is -2.24. The van der Waals surface area contributed by atoms with Crippen LogP contribution in [-0.2, 0) is 40.2 Å². The van der Waals surface area contributed by atoms with Crippen molar-refractivity contribution in [3.8, 4) is 0 Å². The fourth-order valence-electron chi connectivity index (χ4n) is 6.51. The van der Waals surface area contributed by atoms with Gasteiger partial charge in [0.2, 0.25) is 10.0 Å². The van der Waals surface area contributed by atoms with E-state index in [2.05, 4.69) is 18.6 Å². The third-order valence-electron chi connectivity index (χ3n) is 9.14. The van der Waals surface area contributed by atoms with Crippen LogP contribution < -0.4 is 4.72 Å². The molecule has 6 atom stereocenters. The average molecular weight is 570 g/mol. The van der Waals surface area contributed by atoms with Crippen LogP contribution in [0.2, 0.25) is 6.32 Å². The summed E-state index contributed by atoms with van der Waals surface area (Å²) in [6, 6.07) is 14.8. The minimum atomic E-state index is -4.01. The van der Waals surface area contributed by atoms with Crippen molar-refractivity contribution < 1.29 is 32.0 Å². The molecule has 1 saturated heterocycles. The highest BCUT2D eigenvalue weighted by atomic mass is 32.2. The number of nitrogens with one attached hydrogen (secondary N) is 1. The molecule has 1 N–H and O–H groups in total. The first-order valence-electron chi connectivity index (χ1n) is 14.2. The fourth-order valence-corrected chi connectivity index (χ4v) is 7.72. The largest absolute Gasteiger partial charge is 0.468 e. The molecule has 1 aliphatic heterocycles. The van der Waals surface area contributed by atoms with E-state index in [9.17, 15) is 13.2 Å². The maximum atomic E-state index is 13.3. The molecule has 1 heterocycles. The van der Waals surface area contributed by atoms with Crippen molar-refractivity contribution in [2.45, 2.75) is 88.6 Å². The van der Waals surface area contributed by atoms with Gasteiger partial charge in [-0.05, 0) is 67.5 Å². The topological polar surface area (TPSA) is 100 Å². The molecule has 3 aliphatic carbocycles. The quantitative estimate of drug-likeness (QED) is 0.297. The number of benzene rings is 2. The molecule has 2 aromatic rings. The number of esters is 1. The van der Waals surface area contributed by atoms with Crippen molar-refractivity contribution in [2.24, 2.45) is 17.3 Å². The Morgan fingerprint density at radius 3 is 2.50 bits per heavy atom. The standard InChI is InChI=1S/C30H40BNO7S/c1-20-12-14-23(15-13-20)40(34,35)32-27(29(33)36-4)25(37-19-21-9-6-5-7-10-21)11-8-16-31-38-26-18-22-17-24(28(26)39-31)30(22,2)3/h5-7,9-10,12-15,22,24-28,32H,8,11,16-19H2,1-4H3/t22-,24+,25-,26+,27-,28-/m0/s1. The monoisotopic (exact) mass is 569 g/mol. The Kier molecular flexibility index (Phi) is 8.73. The van der Waals surface area contributed by atoms with Crippen LogP contribution in [0.15, 0.2) is 59.5 Å². The van der Waals surface area contributed by atoms with Gasteiger partial charge in [0.25, 0.3) is 0 Å². The lowest BCUT2D eigenvalue weighted by Crippen LogP contribution is -2.59. The third kappa shape index (κ3) is 6.16. The summed E-state index contributed by atoms with van der Waals surface area (Å²) in [7, 11) is -3.06. The summed E-state index contributed by atoms with van der Waals surface area (Å²) in [6.07, 6.45) is 3.45. The first-order chi connectivity index (χ1) is 19.1. The Morgan fingerprint density at radius 1 is 1.10 bits per heavy atom. The number of carbonyl (C=O) groups is 1. The lowest BCUT2D eigenvalue weighted by Gasteiger charge is -2.60. The van der Waals surface area contributed by atoms with Gasteiger partial charge >= 0.3 is 13.1 Å². The van der Waals surface area contributed by atoms with Crippen LogP contribution in [0.5, 0.6) is 0 Å². The van der Waals surface area contributed by atoms with E-state index >= 15 is 0 Å². The SMILES string of the molecule is COC(=O)[C@@H](NS(=O)(=O)c1ccc(C)cc1)[C@H](CCCB1O[C@H]2[C@H]3C[C@@H](C[C@H]2O1)C3(C)C)OCc1ccccc1. The van der Waals surface area contributed by atoms with Crippen molar-refractivity contribution in [2.75, 3.05) is 7.11 Å². The molecule has 0 radical (unpaired) electrons. The second kappa shape index (κ2) is 11.9. The highest BCUT2D eigenvalue weighted by molar-refractivity contribution is 7.89. The summed E-state index contributed by atoms with van der Waals surface area (Å²) in [5.74, 6) is 0.525. The van der Waals surface area contributed by atoms with E-state index in [0.717, 1.165) is 17.5 Å². The van der Waals surface area contributed by atoms with Gasteiger partial charge < -0.3 is 18.8 Å². The molecular weight excluding hydrogens is 529 g/mol. The van der Waals surface area contributed by atoms with E-state index in [0.29, 0.717) is 36.4 Å². The molecular formula is C30H40BNO7S. The molecule has 10 heteroatoms. The fraction of sp³-hybridized carbons (Fsp3) is 0.567. The van der Waals surface area contributed by atoms with Crippen LogP contribution in [0, 0.1) is 24.2 Å². The number of hydrogen-bond acceptors (Lipinski definition) is 7. The number of hydrogen-bond donors (Lipinski definition) is 1. The molecule has 0 unspecified atom stereocenters. The minimum Gasteiger partial charge on any atom is -0.468 e. The van der Waals surface area contributed by atoms with Crippen LogP contribution in [0.1, 0.15) is 50.7 Å². The normalized spacial score (nSPS) is 26.4. The maximum absolute atomic E-state index is 13.3. The Bertz CT molecular complexity index is 1270. The van der Waals surface area contributed by atoms with Gasteiger partial charge in [-0.2, -0.15) is 4.72 Å². The van der Waals surface area contributed by atoms with Crippen LogP contribution in [-0.4, -0.2) is 53.0 Å². The molecule has 4 aliphatic rings. The zero-order valence-electron chi connectivity index (χ0n) is 23.7. The second-order valence-electron chi connectivity index (χ2n) is 12.0. The number of ether oxygens (including phenoxy) is 2. The molecule has 0 aromatic heterocycles. The van der Waals surface area contributed by atoms with Crippen molar-refractivity contribution in [1.29, 1.82) is 0 Å². The van der Waals surface area contributed by atoms with Gasteiger partial charge in [-0.3, -0.25) is 4.79 Å². The number of aryl methyl sites for hydroxylation is 1. The third-order valence-corrected chi connectivity index (χ3v) is 10.6. The van der Waals surface area contributed by atoms with Gasteiger partial charge in [0.1, 0.15) is 6.04 Å². The van der Waals surface area contributed by atoms with Crippen molar-refractivity contribution in [1.82, 2.24) is 4.72 Å². The molecule has 0 spiro atoms. The summed E-state index contributed by atoms with van der Waals surface area (Å²) >= 11 is 0. The summed E-state index contributed by atoms with van der Waals surface area (Å²) in [6.45, 7) is 6.77. The molecule has 2 bridgehead atoms. The molecule has 0 amide bonds. The van der Waals surface area contributed by atoms with E-state index < -0.39 is 28.1 Å². The van der Waals surface area contributed by atoms with E-state index in [1.165, 1.54) is 25.7 Å². The predicted octanol–water partition coefficient (Wildman–Crippen LogP) is 4.52. The van der Waals surface area contributed by atoms with Gasteiger partial charge in [-0.1, -0.05) is 68.3 Å². The highest BCUT2D eigenvalue weighted by Crippen LogP contribution is 2.61. The maximum Gasteiger partial charge on any atom is 0.457 e. The zero-order valence-corrected chi connectivity index (χ0v) is 24.6. The first-order valence-corrected chi connectivity index (χ1v) is 15.7. The molecule has 3 saturated carbocycles. The Balaban J connectivity index is 1.27. The van der Waals surface area contributed by atoms with E-state index in [1.54, 1.807) is 12.1 Å². The molecule has 4 fully saturated rings. The average Bonchev–Trinajstić information content (AvgIpc) is 3.37. The van der Waals surface area contributed by atoms with Crippen LogP contribution >= 0.6 is 0 Å². The van der Waals surface area contributed by atoms with E-state index in [-0.39, 0.29) is 30.8 Å². The van der Waals surface area contributed by atoms with Gasteiger partial charge in [-0.15, -0.1) is 0 Å². The van der Waals surface area contributed by atoms with E-state index in [4.69, 9.17) is 18.8 Å². The van der Waals surface area contributed by atoms with Gasteiger partial charge in [0, 0.05) is 0 Å². The van der Waals surface area contributed by atoms with Crippen LogP contribution in [0.4, 0.5) is 0 Å².